The van der Waals surface area contributed by atoms with Crippen LogP contribution in [-0.2, 0) is 9.53 Å². The van der Waals surface area contributed by atoms with Gasteiger partial charge in [0, 0.05) is 6.04 Å². The average Bonchev–Trinajstić information content (AvgIpc) is 2.35. The number of nitrogens with one attached hydrogen (secondary N) is 1. The molecule has 2 atom stereocenters. The van der Waals surface area contributed by atoms with Crippen molar-refractivity contribution in [1.29, 1.82) is 0 Å². The largest absolute Gasteiger partial charge is 0.465 e. The molecule has 0 spiro atoms. The molecule has 1 aromatic carbocycles. The second-order valence-electron chi connectivity index (χ2n) is 4.16. The Bertz CT molecular complexity index is 395. The molecule has 0 aliphatic heterocycles. The minimum absolute atomic E-state index is 0.102. The zero-order valence-corrected chi connectivity index (χ0v) is 11.1. The molecule has 1 aromatic rings. The molecule has 3 nitrogen and oxygen atoms in total. The van der Waals surface area contributed by atoms with E-state index in [1.807, 2.05) is 19.9 Å². The minimum atomic E-state index is -0.358. The van der Waals surface area contributed by atoms with Crippen molar-refractivity contribution in [2.75, 3.05) is 6.61 Å². The van der Waals surface area contributed by atoms with E-state index in [1.54, 1.807) is 13.0 Å². The summed E-state index contributed by atoms with van der Waals surface area (Å²) >= 11 is 0. The highest BCUT2D eigenvalue weighted by Crippen LogP contribution is 2.15. The lowest BCUT2D eigenvalue weighted by atomic mass is 10.1. The standard InChI is InChI=1S/C14H20FNO2/c1-4-13(14(17)18-5-2)16-10(3)11-7-6-8-12(15)9-11/h6-10,13,16H,4-5H2,1-3H3/t10-,13?/m0/s1. The van der Waals surface area contributed by atoms with Crippen molar-refractivity contribution in [2.45, 2.75) is 39.3 Å². The number of rotatable bonds is 6. The smallest absolute Gasteiger partial charge is 0.323 e. The van der Waals surface area contributed by atoms with Gasteiger partial charge in [-0.25, -0.2) is 4.39 Å². The maximum absolute atomic E-state index is 13.1. The van der Waals surface area contributed by atoms with Crippen LogP contribution in [0.1, 0.15) is 38.8 Å². The van der Waals surface area contributed by atoms with Crippen molar-refractivity contribution < 1.29 is 13.9 Å². The second-order valence-corrected chi connectivity index (χ2v) is 4.16. The molecule has 100 valence electrons. The van der Waals surface area contributed by atoms with Gasteiger partial charge in [0.1, 0.15) is 11.9 Å². The van der Waals surface area contributed by atoms with Crippen molar-refractivity contribution >= 4 is 5.97 Å². The predicted octanol–water partition coefficient (Wildman–Crippen LogP) is 2.82. The lowest BCUT2D eigenvalue weighted by molar-refractivity contribution is -0.145. The molecule has 0 fully saturated rings. The third kappa shape index (κ3) is 4.11. The van der Waals surface area contributed by atoms with E-state index in [1.165, 1.54) is 12.1 Å². The minimum Gasteiger partial charge on any atom is -0.465 e. The molecular formula is C14H20FNO2. The van der Waals surface area contributed by atoms with Crippen LogP contribution in [0.25, 0.3) is 0 Å². The van der Waals surface area contributed by atoms with E-state index in [2.05, 4.69) is 5.32 Å². The Morgan fingerprint density at radius 1 is 1.44 bits per heavy atom. The van der Waals surface area contributed by atoms with Gasteiger partial charge in [0.25, 0.3) is 0 Å². The van der Waals surface area contributed by atoms with E-state index in [0.717, 1.165) is 5.56 Å². The summed E-state index contributed by atoms with van der Waals surface area (Å²) in [7, 11) is 0. The number of carbonyl (C=O) groups excluding carboxylic acids is 1. The highest BCUT2D eigenvalue weighted by Gasteiger charge is 2.20. The molecule has 0 aliphatic rings. The molecule has 0 saturated heterocycles. The molecule has 18 heavy (non-hydrogen) atoms. The first-order valence-corrected chi connectivity index (χ1v) is 6.26. The van der Waals surface area contributed by atoms with Crippen LogP contribution in [0.2, 0.25) is 0 Å². The van der Waals surface area contributed by atoms with Crippen molar-refractivity contribution in [3.8, 4) is 0 Å². The Morgan fingerprint density at radius 3 is 2.72 bits per heavy atom. The fraction of sp³-hybridized carbons (Fsp3) is 0.500. The van der Waals surface area contributed by atoms with Crippen molar-refractivity contribution in [2.24, 2.45) is 0 Å². The lowest BCUT2D eigenvalue weighted by Crippen LogP contribution is -2.39. The van der Waals surface area contributed by atoms with Crippen LogP contribution in [0.15, 0.2) is 24.3 Å². The summed E-state index contributed by atoms with van der Waals surface area (Å²) in [6.07, 6.45) is 0.637. The SMILES string of the molecule is CCOC(=O)C(CC)N[C@@H](C)c1cccc(F)c1. The van der Waals surface area contributed by atoms with Crippen LogP contribution < -0.4 is 5.32 Å². The van der Waals surface area contributed by atoms with E-state index >= 15 is 0 Å². The van der Waals surface area contributed by atoms with Gasteiger partial charge < -0.3 is 4.74 Å². The Labute approximate surface area is 107 Å². The Morgan fingerprint density at radius 2 is 2.17 bits per heavy atom. The van der Waals surface area contributed by atoms with Gasteiger partial charge in [-0.3, -0.25) is 10.1 Å². The fourth-order valence-electron chi connectivity index (χ4n) is 1.77. The van der Waals surface area contributed by atoms with E-state index in [0.29, 0.717) is 13.0 Å². The molecule has 0 aliphatic carbocycles. The van der Waals surface area contributed by atoms with Gasteiger partial charge >= 0.3 is 5.97 Å². The van der Waals surface area contributed by atoms with Gasteiger partial charge in [-0.1, -0.05) is 19.1 Å². The first kappa shape index (κ1) is 14.6. The molecular weight excluding hydrogens is 233 g/mol. The van der Waals surface area contributed by atoms with E-state index < -0.39 is 0 Å². The maximum atomic E-state index is 13.1. The Balaban J connectivity index is 2.67. The predicted molar refractivity (Wildman–Crippen MR) is 68.7 cm³/mol. The van der Waals surface area contributed by atoms with E-state index in [4.69, 9.17) is 4.74 Å². The van der Waals surface area contributed by atoms with Gasteiger partial charge in [0.15, 0.2) is 0 Å². The molecule has 4 heteroatoms. The molecule has 1 unspecified atom stereocenters. The Hall–Kier alpha value is -1.42. The molecule has 1 rings (SSSR count). The van der Waals surface area contributed by atoms with Crippen LogP contribution in [0.4, 0.5) is 4.39 Å². The lowest BCUT2D eigenvalue weighted by Gasteiger charge is -2.21. The van der Waals surface area contributed by atoms with Crippen molar-refractivity contribution in [3.63, 3.8) is 0 Å². The summed E-state index contributed by atoms with van der Waals surface area (Å²) in [5.41, 5.74) is 0.817. The topological polar surface area (TPSA) is 38.3 Å². The number of esters is 1. The van der Waals surface area contributed by atoms with Crippen LogP contribution in [0, 0.1) is 5.82 Å². The zero-order valence-electron chi connectivity index (χ0n) is 11.1. The first-order valence-electron chi connectivity index (χ1n) is 6.26. The number of hydrogen-bond acceptors (Lipinski definition) is 3. The summed E-state index contributed by atoms with van der Waals surface area (Å²) < 4.78 is 18.1. The quantitative estimate of drug-likeness (QED) is 0.792. The van der Waals surface area contributed by atoms with Crippen LogP contribution in [0.3, 0.4) is 0 Å². The monoisotopic (exact) mass is 253 g/mol. The van der Waals surface area contributed by atoms with Crippen molar-refractivity contribution in [3.05, 3.63) is 35.6 Å². The third-order valence-corrected chi connectivity index (χ3v) is 2.78. The average molecular weight is 253 g/mol. The summed E-state index contributed by atoms with van der Waals surface area (Å²) in [6.45, 7) is 5.95. The van der Waals surface area contributed by atoms with Crippen LogP contribution in [0.5, 0.6) is 0 Å². The molecule has 0 aromatic heterocycles. The fourth-order valence-corrected chi connectivity index (χ4v) is 1.77. The summed E-state index contributed by atoms with van der Waals surface area (Å²) in [5, 5.41) is 3.15. The Kier molecular flexibility index (Phi) is 5.78. The highest BCUT2D eigenvalue weighted by atomic mass is 19.1. The number of carbonyl (C=O) groups is 1. The number of ether oxygens (including phenoxy) is 1. The maximum Gasteiger partial charge on any atom is 0.323 e. The number of halogens is 1. The second kappa shape index (κ2) is 7.11. The van der Waals surface area contributed by atoms with Gasteiger partial charge in [-0.15, -0.1) is 0 Å². The summed E-state index contributed by atoms with van der Waals surface area (Å²) in [4.78, 5) is 11.6. The highest BCUT2D eigenvalue weighted by molar-refractivity contribution is 5.75. The summed E-state index contributed by atoms with van der Waals surface area (Å²) in [6, 6.07) is 5.90. The van der Waals surface area contributed by atoms with E-state index in [9.17, 15) is 9.18 Å². The van der Waals surface area contributed by atoms with Gasteiger partial charge in [-0.2, -0.15) is 0 Å². The van der Waals surface area contributed by atoms with Gasteiger partial charge in [0.2, 0.25) is 0 Å². The molecule has 0 bridgehead atoms. The third-order valence-electron chi connectivity index (χ3n) is 2.78. The summed E-state index contributed by atoms with van der Waals surface area (Å²) in [5.74, 6) is -0.534. The first-order chi connectivity index (χ1) is 8.58. The molecule has 1 N–H and O–H groups in total. The van der Waals surface area contributed by atoms with E-state index in [-0.39, 0.29) is 23.9 Å². The molecule has 0 heterocycles. The molecule has 0 radical (unpaired) electrons. The van der Waals surface area contributed by atoms with Gasteiger partial charge in [-0.05, 0) is 38.0 Å². The zero-order chi connectivity index (χ0) is 13.5. The van der Waals surface area contributed by atoms with Crippen molar-refractivity contribution in [1.82, 2.24) is 5.32 Å². The van der Waals surface area contributed by atoms with Crippen LogP contribution in [-0.4, -0.2) is 18.6 Å². The molecule has 0 saturated carbocycles. The normalized spacial score (nSPS) is 14.0. The number of hydrogen-bond donors (Lipinski definition) is 1. The molecule has 0 amide bonds. The van der Waals surface area contributed by atoms with Crippen LogP contribution >= 0.6 is 0 Å². The van der Waals surface area contributed by atoms with Gasteiger partial charge in [0.05, 0.1) is 6.61 Å². The number of benzene rings is 1.